The summed E-state index contributed by atoms with van der Waals surface area (Å²) < 4.78 is 11.6. The van der Waals surface area contributed by atoms with Gasteiger partial charge in [-0.15, -0.1) is 0 Å². The molecule has 4 heteroatoms. The summed E-state index contributed by atoms with van der Waals surface area (Å²) in [6.07, 6.45) is 8.17. The molecule has 0 aliphatic heterocycles. The molecule has 0 saturated carbocycles. The van der Waals surface area contributed by atoms with Crippen molar-refractivity contribution in [2.75, 3.05) is 19.7 Å². The number of allylic oxidation sites excluding steroid dienone is 2. The second-order valence-electron chi connectivity index (χ2n) is 7.67. The molecule has 2 aromatic heterocycles. The van der Waals surface area contributed by atoms with Crippen LogP contribution in [0.1, 0.15) is 44.8 Å². The van der Waals surface area contributed by atoms with Gasteiger partial charge in [-0.2, -0.15) is 11.3 Å². The summed E-state index contributed by atoms with van der Waals surface area (Å²) >= 11 is 1.69. The monoisotopic (exact) mass is 397 g/mol. The second-order valence-corrected chi connectivity index (χ2v) is 8.45. The topological polar surface area (TPSA) is 25.6 Å². The highest BCUT2D eigenvalue weighted by molar-refractivity contribution is 7.08. The standard InChI is InChI=1S/C24H31NO2S/c1-5-25(15-8-6-7-14-24(2,3)4)18-22-11-12-23(27-22)19-26-16-9-10-21-13-17-28-20-21/h7,9-14,17,20H,5,15-16,18-19H2,1-4H3/b10-9+,14-7+. The first-order chi connectivity index (χ1) is 13.5. The molecule has 0 aromatic carbocycles. The minimum atomic E-state index is 0.172. The fourth-order valence-electron chi connectivity index (χ4n) is 2.37. The van der Waals surface area contributed by atoms with Crippen molar-refractivity contribution in [3.63, 3.8) is 0 Å². The Labute approximate surface area is 173 Å². The minimum Gasteiger partial charge on any atom is -0.462 e. The zero-order chi connectivity index (χ0) is 20.2. The minimum absolute atomic E-state index is 0.172. The predicted octanol–water partition coefficient (Wildman–Crippen LogP) is 6.00. The van der Waals surface area contributed by atoms with Gasteiger partial charge in [0.05, 0.1) is 19.7 Å². The van der Waals surface area contributed by atoms with Crippen LogP contribution in [0, 0.1) is 17.3 Å². The molecule has 0 saturated heterocycles. The van der Waals surface area contributed by atoms with E-state index in [-0.39, 0.29) is 5.41 Å². The van der Waals surface area contributed by atoms with Crippen LogP contribution >= 0.6 is 11.3 Å². The van der Waals surface area contributed by atoms with Gasteiger partial charge < -0.3 is 9.15 Å². The molecule has 0 N–H and O–H groups in total. The van der Waals surface area contributed by atoms with E-state index >= 15 is 0 Å². The molecule has 0 atom stereocenters. The summed E-state index contributed by atoms with van der Waals surface area (Å²) in [5.41, 5.74) is 1.39. The molecule has 3 nitrogen and oxygen atoms in total. The van der Waals surface area contributed by atoms with Crippen molar-refractivity contribution in [3.05, 3.63) is 64.3 Å². The van der Waals surface area contributed by atoms with E-state index in [2.05, 4.69) is 73.4 Å². The third-order valence-electron chi connectivity index (χ3n) is 3.93. The third kappa shape index (κ3) is 9.23. The molecule has 0 unspecified atom stereocenters. The average Bonchev–Trinajstić information content (AvgIpc) is 3.31. The van der Waals surface area contributed by atoms with Gasteiger partial charge in [-0.25, -0.2) is 0 Å². The summed E-state index contributed by atoms with van der Waals surface area (Å²) in [6.45, 7) is 12.1. The van der Waals surface area contributed by atoms with Gasteiger partial charge in [-0.1, -0.05) is 57.8 Å². The largest absolute Gasteiger partial charge is 0.462 e. The lowest BCUT2D eigenvalue weighted by atomic mass is 9.96. The Morgan fingerprint density at radius 2 is 2.04 bits per heavy atom. The number of hydrogen-bond acceptors (Lipinski definition) is 4. The first-order valence-corrected chi connectivity index (χ1v) is 10.6. The summed E-state index contributed by atoms with van der Waals surface area (Å²) in [6, 6.07) is 6.10. The number of hydrogen-bond donors (Lipinski definition) is 0. The van der Waals surface area contributed by atoms with Crippen LogP contribution in [0.3, 0.4) is 0 Å². The smallest absolute Gasteiger partial charge is 0.129 e. The quantitative estimate of drug-likeness (QED) is 0.383. The van der Waals surface area contributed by atoms with E-state index in [9.17, 15) is 0 Å². The van der Waals surface area contributed by atoms with Crippen LogP contribution in [0.25, 0.3) is 6.08 Å². The first-order valence-electron chi connectivity index (χ1n) is 9.69. The van der Waals surface area contributed by atoms with E-state index in [1.165, 1.54) is 5.56 Å². The predicted molar refractivity (Wildman–Crippen MR) is 119 cm³/mol. The van der Waals surface area contributed by atoms with Crippen LogP contribution in [0.2, 0.25) is 0 Å². The van der Waals surface area contributed by atoms with Crippen LogP contribution in [0.5, 0.6) is 0 Å². The molecule has 150 valence electrons. The molecule has 0 fully saturated rings. The van der Waals surface area contributed by atoms with E-state index in [1.807, 2.05) is 24.3 Å². The fourth-order valence-corrected chi connectivity index (χ4v) is 3.00. The average molecular weight is 398 g/mol. The Kier molecular flexibility index (Phi) is 9.30. The summed E-state index contributed by atoms with van der Waals surface area (Å²) in [5.74, 6) is 8.13. The number of rotatable bonds is 9. The molecule has 0 bridgehead atoms. The van der Waals surface area contributed by atoms with Crippen molar-refractivity contribution in [1.29, 1.82) is 0 Å². The molecule has 0 radical (unpaired) electrons. The zero-order valence-electron chi connectivity index (χ0n) is 17.4. The summed E-state index contributed by atoms with van der Waals surface area (Å²) in [5, 5.41) is 4.18. The van der Waals surface area contributed by atoms with Crippen molar-refractivity contribution in [2.24, 2.45) is 5.41 Å². The van der Waals surface area contributed by atoms with Crippen LogP contribution in [0.4, 0.5) is 0 Å². The molecular formula is C24H31NO2S. The van der Waals surface area contributed by atoms with Crippen molar-refractivity contribution >= 4 is 17.4 Å². The van der Waals surface area contributed by atoms with Crippen molar-refractivity contribution in [2.45, 2.75) is 40.8 Å². The van der Waals surface area contributed by atoms with Crippen molar-refractivity contribution in [1.82, 2.24) is 4.90 Å². The molecule has 2 aromatic rings. The Balaban J connectivity index is 1.72. The maximum absolute atomic E-state index is 5.89. The Bertz CT molecular complexity index is 798. The van der Waals surface area contributed by atoms with Gasteiger partial charge >= 0.3 is 0 Å². The Morgan fingerprint density at radius 1 is 1.21 bits per heavy atom. The Hall–Kier alpha value is -2.06. The van der Waals surface area contributed by atoms with Crippen LogP contribution < -0.4 is 0 Å². The number of thiophene rings is 1. The first kappa shape index (κ1) is 22.2. The van der Waals surface area contributed by atoms with E-state index in [0.717, 1.165) is 31.2 Å². The van der Waals surface area contributed by atoms with Crippen molar-refractivity contribution in [3.8, 4) is 11.8 Å². The maximum atomic E-state index is 5.89. The SMILES string of the molecule is CCN(CC#C/C=C/C(C)(C)C)Cc1ccc(COC/C=C/c2ccsc2)o1. The summed E-state index contributed by atoms with van der Waals surface area (Å²) in [7, 11) is 0. The lowest BCUT2D eigenvalue weighted by molar-refractivity contribution is 0.129. The third-order valence-corrected chi connectivity index (χ3v) is 4.63. The highest BCUT2D eigenvalue weighted by atomic mass is 32.1. The molecule has 2 heterocycles. The van der Waals surface area contributed by atoms with E-state index in [4.69, 9.17) is 9.15 Å². The maximum Gasteiger partial charge on any atom is 0.129 e. The van der Waals surface area contributed by atoms with Crippen LogP contribution in [-0.2, 0) is 17.9 Å². The van der Waals surface area contributed by atoms with E-state index < -0.39 is 0 Å². The van der Waals surface area contributed by atoms with Gasteiger partial charge in [0, 0.05) is 0 Å². The number of furan rings is 1. The van der Waals surface area contributed by atoms with Crippen LogP contribution in [-0.4, -0.2) is 24.6 Å². The highest BCUT2D eigenvalue weighted by Crippen LogP contribution is 2.14. The van der Waals surface area contributed by atoms with Gasteiger partial charge in [0.1, 0.15) is 18.1 Å². The molecule has 0 aliphatic rings. The van der Waals surface area contributed by atoms with E-state index in [0.29, 0.717) is 13.2 Å². The lowest BCUT2D eigenvalue weighted by Crippen LogP contribution is -2.22. The zero-order valence-corrected chi connectivity index (χ0v) is 18.2. The number of nitrogens with zero attached hydrogens (tertiary/aromatic N) is 1. The number of ether oxygens (including phenoxy) is 1. The van der Waals surface area contributed by atoms with Gasteiger partial charge in [-0.3, -0.25) is 4.90 Å². The van der Waals surface area contributed by atoms with Crippen LogP contribution in [0.15, 0.2) is 51.6 Å². The van der Waals surface area contributed by atoms with Crippen molar-refractivity contribution < 1.29 is 9.15 Å². The normalized spacial score (nSPS) is 12.2. The molecule has 2 rings (SSSR count). The Morgan fingerprint density at radius 3 is 2.75 bits per heavy atom. The van der Waals surface area contributed by atoms with E-state index in [1.54, 1.807) is 11.3 Å². The second kappa shape index (κ2) is 11.7. The molecule has 28 heavy (non-hydrogen) atoms. The molecule has 0 amide bonds. The van der Waals surface area contributed by atoms with Gasteiger partial charge in [-0.05, 0) is 52.6 Å². The highest BCUT2D eigenvalue weighted by Gasteiger charge is 2.07. The molecule has 0 aliphatic carbocycles. The van der Waals surface area contributed by atoms with Gasteiger partial charge in [0.2, 0.25) is 0 Å². The fraction of sp³-hybridized carbons (Fsp3) is 0.417. The summed E-state index contributed by atoms with van der Waals surface area (Å²) in [4.78, 5) is 2.25. The molecule has 0 spiro atoms. The molecular weight excluding hydrogens is 366 g/mol. The lowest BCUT2D eigenvalue weighted by Gasteiger charge is -2.15. The van der Waals surface area contributed by atoms with Gasteiger partial charge in [0.15, 0.2) is 0 Å². The van der Waals surface area contributed by atoms with Gasteiger partial charge in [0.25, 0.3) is 0 Å².